The van der Waals surface area contributed by atoms with E-state index in [4.69, 9.17) is 6.42 Å². The highest BCUT2D eigenvalue weighted by Gasteiger charge is 2.03. The lowest BCUT2D eigenvalue weighted by atomic mass is 10.3. The van der Waals surface area contributed by atoms with E-state index >= 15 is 0 Å². The van der Waals surface area contributed by atoms with Gasteiger partial charge in [-0.2, -0.15) is 0 Å². The van der Waals surface area contributed by atoms with Gasteiger partial charge in [0.2, 0.25) is 0 Å². The van der Waals surface area contributed by atoms with E-state index in [2.05, 4.69) is 16.4 Å². The number of amides is 1. The molecule has 2 N–H and O–H groups in total. The minimum Gasteiger partial charge on any atom is -0.433 e. The smallest absolute Gasteiger partial charge is 0.405 e. The molecule has 0 spiro atoms. The highest BCUT2D eigenvalue weighted by Crippen LogP contribution is 1.93. The zero-order chi connectivity index (χ0) is 7.28. The van der Waals surface area contributed by atoms with Crippen molar-refractivity contribution in [2.45, 2.75) is 19.4 Å². The fourth-order valence-corrected chi connectivity index (χ4v) is 0.375. The van der Waals surface area contributed by atoms with Crippen molar-refractivity contribution in [3.63, 3.8) is 0 Å². The predicted octanol–water partition coefficient (Wildman–Crippen LogP) is 0.494. The van der Waals surface area contributed by atoms with E-state index in [9.17, 15) is 4.79 Å². The van der Waals surface area contributed by atoms with Crippen molar-refractivity contribution >= 4 is 6.09 Å². The molecule has 0 aromatic carbocycles. The van der Waals surface area contributed by atoms with Crippen molar-refractivity contribution < 1.29 is 9.53 Å². The van der Waals surface area contributed by atoms with Gasteiger partial charge in [-0.05, 0) is 6.42 Å². The Morgan fingerprint density at radius 3 is 2.67 bits per heavy atom. The average molecular weight is 127 g/mol. The van der Waals surface area contributed by atoms with E-state index in [1.165, 1.54) is 0 Å². The first kappa shape index (κ1) is 7.83. The Hall–Kier alpha value is -1.17. The molecule has 50 valence electrons. The number of ether oxygens (including phenoxy) is 1. The minimum atomic E-state index is -0.820. The summed E-state index contributed by atoms with van der Waals surface area (Å²) in [5.41, 5.74) is 4.69. The van der Waals surface area contributed by atoms with Gasteiger partial charge in [0.1, 0.15) is 0 Å². The van der Waals surface area contributed by atoms with Crippen LogP contribution in [0.15, 0.2) is 0 Å². The Balaban J connectivity index is 3.60. The van der Waals surface area contributed by atoms with E-state index < -0.39 is 12.2 Å². The minimum absolute atomic E-state index is 0.470. The van der Waals surface area contributed by atoms with Crippen molar-refractivity contribution in [1.82, 2.24) is 0 Å². The second kappa shape index (κ2) is 3.79. The van der Waals surface area contributed by atoms with Gasteiger partial charge in [0, 0.05) is 0 Å². The number of primary amides is 1. The van der Waals surface area contributed by atoms with Crippen LogP contribution in [0.25, 0.3) is 0 Å². The van der Waals surface area contributed by atoms with Crippen LogP contribution in [0.5, 0.6) is 0 Å². The lowest BCUT2D eigenvalue weighted by molar-refractivity contribution is 0.131. The molecule has 0 radical (unpaired) electrons. The van der Waals surface area contributed by atoms with Gasteiger partial charge in [-0.3, -0.25) is 0 Å². The number of nitrogens with two attached hydrogens (primary N) is 1. The molecule has 0 rings (SSSR count). The summed E-state index contributed by atoms with van der Waals surface area (Å²) in [4.78, 5) is 10.0. The third-order valence-corrected chi connectivity index (χ3v) is 0.815. The first-order valence-corrected chi connectivity index (χ1v) is 2.63. The SMILES string of the molecule is C#CC(CC)OC(N)=O. The van der Waals surface area contributed by atoms with E-state index in [1.807, 2.05) is 6.92 Å². The molecule has 0 aliphatic carbocycles. The molecule has 9 heavy (non-hydrogen) atoms. The molecule has 3 nitrogen and oxygen atoms in total. The summed E-state index contributed by atoms with van der Waals surface area (Å²) >= 11 is 0. The third-order valence-electron chi connectivity index (χ3n) is 0.815. The van der Waals surface area contributed by atoms with E-state index in [0.29, 0.717) is 6.42 Å². The van der Waals surface area contributed by atoms with Crippen molar-refractivity contribution in [3.8, 4) is 12.3 Å². The van der Waals surface area contributed by atoms with Crippen LogP contribution in [0, 0.1) is 12.3 Å². The number of hydrogen-bond donors (Lipinski definition) is 1. The maximum atomic E-state index is 10.0. The Morgan fingerprint density at radius 2 is 2.56 bits per heavy atom. The monoisotopic (exact) mass is 127 g/mol. The molecule has 0 saturated heterocycles. The standard InChI is InChI=1S/C6H9NO2/c1-3-5(4-2)9-6(7)8/h1,5H,4H2,2H3,(H2,7,8). The quantitative estimate of drug-likeness (QED) is 0.549. The summed E-state index contributed by atoms with van der Waals surface area (Å²) in [6, 6.07) is 0. The molecule has 0 bridgehead atoms. The van der Waals surface area contributed by atoms with Crippen molar-refractivity contribution in [1.29, 1.82) is 0 Å². The van der Waals surface area contributed by atoms with Crippen LogP contribution in [0.1, 0.15) is 13.3 Å². The summed E-state index contributed by atoms with van der Waals surface area (Å²) in [7, 11) is 0. The van der Waals surface area contributed by atoms with E-state index in [0.717, 1.165) is 0 Å². The van der Waals surface area contributed by atoms with E-state index in [1.54, 1.807) is 0 Å². The maximum Gasteiger partial charge on any atom is 0.405 e. The lowest BCUT2D eigenvalue weighted by Gasteiger charge is -2.05. The Bertz CT molecular complexity index is 136. The summed E-state index contributed by atoms with van der Waals surface area (Å²) in [6.07, 6.45) is 4.26. The maximum absolute atomic E-state index is 10.0. The molecule has 0 aromatic rings. The molecule has 0 aromatic heterocycles. The van der Waals surface area contributed by atoms with Crippen molar-refractivity contribution in [3.05, 3.63) is 0 Å². The molecule has 0 aliphatic rings. The zero-order valence-corrected chi connectivity index (χ0v) is 5.26. The molecule has 1 unspecified atom stereocenters. The molecule has 0 heterocycles. The Labute approximate surface area is 54.2 Å². The van der Waals surface area contributed by atoms with Crippen LogP contribution in [0.4, 0.5) is 4.79 Å². The Morgan fingerprint density at radius 1 is 2.00 bits per heavy atom. The van der Waals surface area contributed by atoms with Gasteiger partial charge in [-0.1, -0.05) is 12.8 Å². The Kier molecular flexibility index (Phi) is 3.29. The molecule has 0 saturated carbocycles. The van der Waals surface area contributed by atoms with Crippen LogP contribution < -0.4 is 5.73 Å². The summed E-state index contributed by atoms with van der Waals surface area (Å²) in [5, 5.41) is 0. The molecule has 0 aliphatic heterocycles. The van der Waals surface area contributed by atoms with Crippen LogP contribution in [-0.2, 0) is 4.74 Å². The second-order valence-electron chi connectivity index (χ2n) is 1.50. The van der Waals surface area contributed by atoms with Gasteiger partial charge in [0.25, 0.3) is 0 Å². The molecular weight excluding hydrogens is 118 g/mol. The van der Waals surface area contributed by atoms with Crippen molar-refractivity contribution in [2.75, 3.05) is 0 Å². The van der Waals surface area contributed by atoms with Gasteiger partial charge in [-0.15, -0.1) is 6.42 Å². The highest BCUT2D eigenvalue weighted by atomic mass is 16.6. The normalized spacial score (nSPS) is 11.6. The topological polar surface area (TPSA) is 52.3 Å². The largest absolute Gasteiger partial charge is 0.433 e. The average Bonchev–Trinajstić information content (AvgIpc) is 1.82. The molecule has 0 fully saturated rings. The fraction of sp³-hybridized carbons (Fsp3) is 0.500. The third kappa shape index (κ3) is 3.42. The summed E-state index contributed by atoms with van der Waals surface area (Å²) < 4.78 is 4.45. The van der Waals surface area contributed by atoms with Gasteiger partial charge in [0.15, 0.2) is 6.10 Å². The number of hydrogen-bond acceptors (Lipinski definition) is 2. The highest BCUT2D eigenvalue weighted by molar-refractivity contribution is 5.65. The number of rotatable bonds is 2. The fourth-order valence-electron chi connectivity index (χ4n) is 0.375. The first-order valence-electron chi connectivity index (χ1n) is 2.63. The summed E-state index contributed by atoms with van der Waals surface area (Å²) in [5.74, 6) is 2.26. The van der Waals surface area contributed by atoms with Gasteiger partial charge in [0.05, 0.1) is 0 Å². The van der Waals surface area contributed by atoms with Gasteiger partial charge >= 0.3 is 6.09 Å². The van der Waals surface area contributed by atoms with Gasteiger partial charge < -0.3 is 10.5 Å². The van der Waals surface area contributed by atoms with Crippen LogP contribution in [0.2, 0.25) is 0 Å². The zero-order valence-electron chi connectivity index (χ0n) is 5.26. The van der Waals surface area contributed by atoms with Crippen molar-refractivity contribution in [2.24, 2.45) is 5.73 Å². The number of terminal acetylenes is 1. The summed E-state index contributed by atoms with van der Waals surface area (Å²) in [6.45, 7) is 1.81. The van der Waals surface area contributed by atoms with Gasteiger partial charge in [-0.25, -0.2) is 4.79 Å². The lowest BCUT2D eigenvalue weighted by Crippen LogP contribution is -2.20. The van der Waals surface area contributed by atoms with Crippen LogP contribution in [0.3, 0.4) is 0 Å². The van der Waals surface area contributed by atoms with Crippen LogP contribution in [-0.4, -0.2) is 12.2 Å². The molecule has 1 amide bonds. The number of carbonyl (C=O) groups excluding carboxylic acids is 1. The second-order valence-corrected chi connectivity index (χ2v) is 1.50. The molecular formula is C6H9NO2. The molecule has 3 heteroatoms. The van der Waals surface area contributed by atoms with E-state index in [-0.39, 0.29) is 0 Å². The molecule has 1 atom stereocenters. The van der Waals surface area contributed by atoms with Crippen LogP contribution >= 0.6 is 0 Å². The number of carbonyl (C=O) groups is 1. The first-order chi connectivity index (χ1) is 4.20. The predicted molar refractivity (Wildman–Crippen MR) is 33.6 cm³/mol.